The van der Waals surface area contributed by atoms with E-state index in [1.807, 2.05) is 30.3 Å². The number of anilines is 2. The number of para-hydroxylation sites is 1. The van der Waals surface area contributed by atoms with Gasteiger partial charge in [0.1, 0.15) is 13.2 Å². The van der Waals surface area contributed by atoms with Crippen molar-refractivity contribution in [1.29, 1.82) is 0 Å². The summed E-state index contributed by atoms with van der Waals surface area (Å²) in [6, 6.07) is 22.4. The van der Waals surface area contributed by atoms with Crippen LogP contribution in [0, 0.1) is 0 Å². The van der Waals surface area contributed by atoms with Crippen molar-refractivity contribution >= 4 is 29.2 Å². The number of carbonyl (C=O) groups is 3. The van der Waals surface area contributed by atoms with Crippen LogP contribution in [0.2, 0.25) is 0 Å². The van der Waals surface area contributed by atoms with Gasteiger partial charge in [-0.25, -0.2) is 4.79 Å². The zero-order valence-corrected chi connectivity index (χ0v) is 17.7. The summed E-state index contributed by atoms with van der Waals surface area (Å²) in [4.78, 5) is 39.3. The van der Waals surface area contributed by atoms with Crippen LogP contribution in [0.3, 0.4) is 0 Å². The quantitative estimate of drug-likeness (QED) is 0.429. The Labute approximate surface area is 186 Å². The predicted molar refractivity (Wildman–Crippen MR) is 121 cm³/mol. The molecule has 164 valence electrons. The Balaban J connectivity index is 1.90. The summed E-state index contributed by atoms with van der Waals surface area (Å²) in [6.07, 6.45) is 0. The molecule has 2 N–H and O–H groups in total. The lowest BCUT2D eigenvalue weighted by Crippen LogP contribution is -2.37. The average Bonchev–Trinajstić information content (AvgIpc) is 2.82. The van der Waals surface area contributed by atoms with E-state index in [9.17, 15) is 14.4 Å². The van der Waals surface area contributed by atoms with Crippen LogP contribution < -0.4 is 10.6 Å². The number of rotatable bonds is 8. The van der Waals surface area contributed by atoms with Gasteiger partial charge in [-0.15, -0.1) is 0 Å². The number of nitrogens with zero attached hydrogens (tertiary/aromatic N) is 1. The molecule has 0 heterocycles. The van der Waals surface area contributed by atoms with Crippen molar-refractivity contribution in [1.82, 2.24) is 0 Å². The van der Waals surface area contributed by atoms with Crippen molar-refractivity contribution in [3.8, 4) is 0 Å². The van der Waals surface area contributed by atoms with E-state index < -0.39 is 17.8 Å². The molecule has 0 aliphatic heterocycles. The summed E-state index contributed by atoms with van der Waals surface area (Å²) in [7, 11) is 0. The summed E-state index contributed by atoms with van der Waals surface area (Å²) in [5.74, 6) is -1.66. The Morgan fingerprint density at radius 2 is 1.50 bits per heavy atom. The maximum atomic E-state index is 13.2. The van der Waals surface area contributed by atoms with E-state index in [0.717, 1.165) is 5.56 Å². The lowest BCUT2D eigenvalue weighted by Gasteiger charge is -2.24. The summed E-state index contributed by atoms with van der Waals surface area (Å²) < 4.78 is 10.4. The van der Waals surface area contributed by atoms with Gasteiger partial charge in [-0.3, -0.25) is 14.5 Å². The van der Waals surface area contributed by atoms with Crippen LogP contribution >= 0.6 is 0 Å². The topological polar surface area (TPSA) is 98.9 Å². The van der Waals surface area contributed by atoms with Gasteiger partial charge in [0.25, 0.3) is 5.91 Å². The molecule has 32 heavy (non-hydrogen) atoms. The summed E-state index contributed by atoms with van der Waals surface area (Å²) >= 11 is 0. The fourth-order valence-corrected chi connectivity index (χ4v) is 3.11. The number of amides is 1. The Kier molecular flexibility index (Phi) is 7.59. The molecule has 7 heteroatoms. The van der Waals surface area contributed by atoms with Crippen molar-refractivity contribution in [2.24, 2.45) is 0 Å². The second-order valence-corrected chi connectivity index (χ2v) is 6.86. The van der Waals surface area contributed by atoms with Crippen molar-refractivity contribution in [2.75, 3.05) is 23.8 Å². The van der Waals surface area contributed by atoms with Crippen molar-refractivity contribution < 1.29 is 23.9 Å². The number of nitrogen functional groups attached to an aromatic ring is 1. The van der Waals surface area contributed by atoms with E-state index >= 15 is 0 Å². The van der Waals surface area contributed by atoms with Crippen LogP contribution in [0.4, 0.5) is 11.4 Å². The van der Waals surface area contributed by atoms with Crippen LogP contribution in [0.15, 0.2) is 78.9 Å². The van der Waals surface area contributed by atoms with Crippen molar-refractivity contribution in [2.45, 2.75) is 13.5 Å². The molecule has 0 unspecified atom stereocenters. The highest BCUT2D eigenvalue weighted by Gasteiger charge is 2.25. The number of carbonyl (C=O) groups excluding carboxylic acids is 3. The van der Waals surface area contributed by atoms with Gasteiger partial charge in [-0.1, -0.05) is 54.6 Å². The van der Waals surface area contributed by atoms with E-state index in [2.05, 4.69) is 0 Å². The van der Waals surface area contributed by atoms with Crippen LogP contribution in [-0.4, -0.2) is 31.0 Å². The van der Waals surface area contributed by atoms with Gasteiger partial charge >= 0.3 is 11.9 Å². The number of nitrogens with two attached hydrogens (primary N) is 1. The molecule has 0 aliphatic rings. The molecule has 7 nitrogen and oxygen atoms in total. The molecule has 0 radical (unpaired) electrons. The molecule has 3 aromatic carbocycles. The van der Waals surface area contributed by atoms with Crippen molar-refractivity contribution in [3.63, 3.8) is 0 Å². The third-order valence-electron chi connectivity index (χ3n) is 4.67. The Bertz CT molecular complexity index is 1080. The fourth-order valence-electron chi connectivity index (χ4n) is 3.11. The largest absolute Gasteiger partial charge is 0.465 e. The fraction of sp³-hybridized carbons (Fsp3) is 0.160. The molecule has 0 fully saturated rings. The lowest BCUT2D eigenvalue weighted by molar-refractivity contribution is -0.141. The van der Waals surface area contributed by atoms with Gasteiger partial charge in [0.15, 0.2) is 0 Å². The van der Waals surface area contributed by atoms with Gasteiger partial charge in [-0.2, -0.15) is 0 Å². The Hall–Kier alpha value is -4.13. The van der Waals surface area contributed by atoms with E-state index in [0.29, 0.717) is 5.56 Å². The third-order valence-corrected chi connectivity index (χ3v) is 4.67. The van der Waals surface area contributed by atoms with E-state index in [-0.39, 0.29) is 36.7 Å². The number of benzene rings is 3. The predicted octanol–water partition coefficient (Wildman–Crippen LogP) is 3.84. The first-order valence-corrected chi connectivity index (χ1v) is 10.1. The van der Waals surface area contributed by atoms with Gasteiger partial charge in [0, 0.05) is 5.56 Å². The Morgan fingerprint density at radius 1 is 0.844 bits per heavy atom. The van der Waals surface area contributed by atoms with E-state index in [1.54, 1.807) is 49.4 Å². The van der Waals surface area contributed by atoms with Gasteiger partial charge in [0.05, 0.1) is 23.5 Å². The normalized spacial score (nSPS) is 10.3. The maximum absolute atomic E-state index is 13.2. The number of hydrogen-bond acceptors (Lipinski definition) is 6. The zero-order valence-electron chi connectivity index (χ0n) is 17.7. The standard InChI is InChI=1S/C25H24N2O5/c1-2-31-22(28)16-27(24(29)19-12-7-4-8-13-19)21-15-9-14-20(23(21)26)25(30)32-17-18-10-5-3-6-11-18/h3-15H,2,16-17,26H2,1H3. The first-order valence-electron chi connectivity index (χ1n) is 10.1. The smallest absolute Gasteiger partial charge is 0.340 e. The molecule has 3 rings (SSSR count). The third kappa shape index (κ3) is 5.51. The number of ether oxygens (including phenoxy) is 2. The highest BCUT2D eigenvalue weighted by Crippen LogP contribution is 2.29. The molecular formula is C25H24N2O5. The number of hydrogen-bond donors (Lipinski definition) is 1. The van der Waals surface area contributed by atoms with Gasteiger partial charge in [-0.05, 0) is 36.8 Å². The first-order chi connectivity index (χ1) is 15.5. The molecule has 0 bridgehead atoms. The summed E-state index contributed by atoms with van der Waals surface area (Å²) in [6.45, 7) is 1.58. The van der Waals surface area contributed by atoms with Crippen LogP contribution in [0.1, 0.15) is 33.2 Å². The molecule has 0 aromatic heterocycles. The zero-order chi connectivity index (χ0) is 22.9. The molecule has 0 atom stereocenters. The molecule has 3 aromatic rings. The highest BCUT2D eigenvalue weighted by molar-refractivity contribution is 6.11. The van der Waals surface area contributed by atoms with Crippen LogP contribution in [-0.2, 0) is 20.9 Å². The molecule has 0 aliphatic carbocycles. The Morgan fingerprint density at radius 3 is 2.16 bits per heavy atom. The molecule has 0 saturated carbocycles. The number of esters is 2. The minimum absolute atomic E-state index is 0.0409. The molecular weight excluding hydrogens is 408 g/mol. The summed E-state index contributed by atoms with van der Waals surface area (Å²) in [5, 5.41) is 0. The minimum Gasteiger partial charge on any atom is -0.465 e. The maximum Gasteiger partial charge on any atom is 0.340 e. The minimum atomic E-state index is -0.628. The summed E-state index contributed by atoms with van der Waals surface area (Å²) in [5.41, 5.74) is 7.84. The first kappa shape index (κ1) is 22.6. The van der Waals surface area contributed by atoms with E-state index in [4.69, 9.17) is 15.2 Å². The van der Waals surface area contributed by atoms with Crippen LogP contribution in [0.5, 0.6) is 0 Å². The molecule has 0 saturated heterocycles. The highest BCUT2D eigenvalue weighted by atomic mass is 16.5. The second kappa shape index (κ2) is 10.8. The van der Waals surface area contributed by atoms with E-state index in [1.165, 1.54) is 11.0 Å². The van der Waals surface area contributed by atoms with Gasteiger partial charge < -0.3 is 15.2 Å². The SMILES string of the molecule is CCOC(=O)CN(C(=O)c1ccccc1)c1cccc(C(=O)OCc2ccccc2)c1N. The average molecular weight is 432 g/mol. The van der Waals surface area contributed by atoms with Crippen molar-refractivity contribution in [3.05, 3.63) is 95.6 Å². The molecule has 0 spiro atoms. The monoisotopic (exact) mass is 432 g/mol. The molecule has 1 amide bonds. The van der Waals surface area contributed by atoms with Gasteiger partial charge in [0.2, 0.25) is 0 Å². The lowest BCUT2D eigenvalue weighted by atomic mass is 10.1. The second-order valence-electron chi connectivity index (χ2n) is 6.86. The van der Waals surface area contributed by atoms with Crippen LogP contribution in [0.25, 0.3) is 0 Å².